The van der Waals surface area contributed by atoms with E-state index in [1.54, 1.807) is 0 Å². The zero-order valence-corrected chi connectivity index (χ0v) is 12.5. The SMILES string of the molecule is CCNc1nc(CCOCC(F)F)nc2c1CCCCC2. The molecule has 1 aliphatic carbocycles. The van der Waals surface area contributed by atoms with Gasteiger partial charge < -0.3 is 10.1 Å². The van der Waals surface area contributed by atoms with Crippen molar-refractivity contribution in [3.63, 3.8) is 0 Å². The van der Waals surface area contributed by atoms with Crippen LogP contribution in [-0.2, 0) is 24.0 Å². The van der Waals surface area contributed by atoms with Crippen molar-refractivity contribution in [1.82, 2.24) is 9.97 Å². The van der Waals surface area contributed by atoms with Gasteiger partial charge in [-0.1, -0.05) is 6.42 Å². The third-order valence-electron chi connectivity index (χ3n) is 3.54. The Balaban J connectivity index is 2.07. The van der Waals surface area contributed by atoms with Crippen molar-refractivity contribution in [3.05, 3.63) is 17.1 Å². The highest BCUT2D eigenvalue weighted by atomic mass is 19.3. The third-order valence-corrected chi connectivity index (χ3v) is 3.54. The Morgan fingerprint density at radius 3 is 2.76 bits per heavy atom. The van der Waals surface area contributed by atoms with Gasteiger partial charge in [0, 0.05) is 24.2 Å². The van der Waals surface area contributed by atoms with Crippen molar-refractivity contribution < 1.29 is 13.5 Å². The first-order valence-electron chi connectivity index (χ1n) is 7.69. The summed E-state index contributed by atoms with van der Waals surface area (Å²) >= 11 is 0. The van der Waals surface area contributed by atoms with E-state index in [-0.39, 0.29) is 6.61 Å². The minimum Gasteiger partial charge on any atom is -0.375 e. The summed E-state index contributed by atoms with van der Waals surface area (Å²) in [6.07, 6.45) is 3.58. The molecule has 2 rings (SSSR count). The molecule has 118 valence electrons. The summed E-state index contributed by atoms with van der Waals surface area (Å²) in [7, 11) is 0. The predicted octanol–water partition coefficient (Wildman–Crippen LogP) is 3.00. The molecule has 0 aromatic carbocycles. The molecule has 6 heteroatoms. The molecule has 1 aliphatic rings. The Labute approximate surface area is 124 Å². The molecule has 0 fully saturated rings. The molecule has 21 heavy (non-hydrogen) atoms. The maximum absolute atomic E-state index is 12.0. The van der Waals surface area contributed by atoms with Crippen LogP contribution in [-0.4, -0.2) is 36.2 Å². The van der Waals surface area contributed by atoms with Crippen molar-refractivity contribution in [2.24, 2.45) is 0 Å². The molecule has 0 saturated carbocycles. The molecular formula is C15H23F2N3O. The largest absolute Gasteiger partial charge is 0.375 e. The lowest BCUT2D eigenvalue weighted by molar-refractivity contribution is 0.0183. The quantitative estimate of drug-likeness (QED) is 0.621. The second-order valence-electron chi connectivity index (χ2n) is 5.22. The Kier molecular flexibility index (Phi) is 6.29. The van der Waals surface area contributed by atoms with Crippen molar-refractivity contribution in [3.8, 4) is 0 Å². The average Bonchev–Trinajstić information content (AvgIpc) is 2.69. The van der Waals surface area contributed by atoms with Gasteiger partial charge in [0.2, 0.25) is 0 Å². The van der Waals surface area contributed by atoms with Crippen molar-refractivity contribution in [2.45, 2.75) is 51.9 Å². The topological polar surface area (TPSA) is 47.0 Å². The number of halogens is 2. The first-order chi connectivity index (χ1) is 10.2. The van der Waals surface area contributed by atoms with E-state index in [0.717, 1.165) is 37.3 Å². The van der Waals surface area contributed by atoms with Crippen LogP contribution in [0.1, 0.15) is 43.3 Å². The van der Waals surface area contributed by atoms with Gasteiger partial charge in [0.1, 0.15) is 18.2 Å². The van der Waals surface area contributed by atoms with E-state index in [1.807, 2.05) is 6.92 Å². The number of alkyl halides is 2. The number of anilines is 1. The van der Waals surface area contributed by atoms with Crippen molar-refractivity contribution >= 4 is 5.82 Å². The van der Waals surface area contributed by atoms with E-state index in [1.165, 1.54) is 18.4 Å². The maximum atomic E-state index is 12.0. The fraction of sp³-hybridized carbons (Fsp3) is 0.733. The number of nitrogens with one attached hydrogen (secondary N) is 1. The van der Waals surface area contributed by atoms with Crippen LogP contribution >= 0.6 is 0 Å². The predicted molar refractivity (Wildman–Crippen MR) is 78.0 cm³/mol. The molecule has 0 radical (unpaired) electrons. The van der Waals surface area contributed by atoms with Crippen molar-refractivity contribution in [2.75, 3.05) is 25.1 Å². The van der Waals surface area contributed by atoms with Crippen LogP contribution in [0.15, 0.2) is 0 Å². The van der Waals surface area contributed by atoms with Crippen LogP contribution in [0.3, 0.4) is 0 Å². The molecule has 0 amide bonds. The van der Waals surface area contributed by atoms with E-state index in [2.05, 4.69) is 15.3 Å². The molecule has 0 atom stereocenters. The number of nitrogens with zero attached hydrogens (tertiary/aromatic N) is 2. The van der Waals surface area contributed by atoms with Gasteiger partial charge >= 0.3 is 0 Å². The molecule has 0 bridgehead atoms. The Morgan fingerprint density at radius 2 is 2.00 bits per heavy atom. The molecule has 0 unspecified atom stereocenters. The molecule has 0 spiro atoms. The third kappa shape index (κ3) is 4.88. The molecule has 1 N–H and O–H groups in total. The molecule has 0 aliphatic heterocycles. The molecule has 0 saturated heterocycles. The lowest BCUT2D eigenvalue weighted by Gasteiger charge is -2.14. The smallest absolute Gasteiger partial charge is 0.261 e. The minimum absolute atomic E-state index is 0.231. The average molecular weight is 299 g/mol. The number of ether oxygens (including phenoxy) is 1. The number of hydrogen-bond acceptors (Lipinski definition) is 4. The first kappa shape index (κ1) is 16.1. The fourth-order valence-electron chi connectivity index (χ4n) is 2.58. The monoisotopic (exact) mass is 299 g/mol. The number of fused-ring (bicyclic) bond motifs is 1. The second kappa shape index (κ2) is 8.22. The van der Waals surface area contributed by atoms with Crippen molar-refractivity contribution in [1.29, 1.82) is 0 Å². The summed E-state index contributed by atoms with van der Waals surface area (Å²) < 4.78 is 29.0. The Hall–Kier alpha value is -1.30. The highest BCUT2D eigenvalue weighted by Gasteiger charge is 2.16. The van der Waals surface area contributed by atoms with Gasteiger partial charge in [0.05, 0.1) is 6.61 Å². The summed E-state index contributed by atoms with van der Waals surface area (Å²) in [6.45, 7) is 2.56. The van der Waals surface area contributed by atoms with Crippen LogP contribution in [0.25, 0.3) is 0 Å². The van der Waals surface area contributed by atoms with Crippen LogP contribution in [0, 0.1) is 0 Å². The lowest BCUT2D eigenvalue weighted by atomic mass is 10.1. The van der Waals surface area contributed by atoms with E-state index in [0.29, 0.717) is 12.2 Å². The number of hydrogen-bond donors (Lipinski definition) is 1. The van der Waals surface area contributed by atoms with Gasteiger partial charge in [-0.2, -0.15) is 0 Å². The summed E-state index contributed by atoms with van der Waals surface area (Å²) in [6, 6.07) is 0. The zero-order chi connectivity index (χ0) is 15.1. The Bertz CT molecular complexity index is 455. The van der Waals surface area contributed by atoms with Crippen LogP contribution in [0.5, 0.6) is 0 Å². The highest BCUT2D eigenvalue weighted by Crippen LogP contribution is 2.24. The highest BCUT2D eigenvalue weighted by molar-refractivity contribution is 5.47. The van der Waals surface area contributed by atoms with Gasteiger partial charge in [-0.25, -0.2) is 18.7 Å². The van der Waals surface area contributed by atoms with Gasteiger partial charge in [0.25, 0.3) is 6.43 Å². The van der Waals surface area contributed by atoms with Gasteiger partial charge in [-0.15, -0.1) is 0 Å². The molecule has 4 nitrogen and oxygen atoms in total. The van der Waals surface area contributed by atoms with E-state index < -0.39 is 13.0 Å². The number of rotatable bonds is 7. The first-order valence-corrected chi connectivity index (χ1v) is 7.69. The number of aryl methyl sites for hydroxylation is 1. The zero-order valence-electron chi connectivity index (χ0n) is 12.5. The van der Waals surface area contributed by atoms with Crippen LogP contribution < -0.4 is 5.32 Å². The summed E-state index contributed by atoms with van der Waals surface area (Å²) in [5, 5.41) is 3.30. The normalized spacial score (nSPS) is 14.9. The molecule has 1 heterocycles. The second-order valence-corrected chi connectivity index (χ2v) is 5.22. The fourth-order valence-corrected chi connectivity index (χ4v) is 2.58. The van der Waals surface area contributed by atoms with Gasteiger partial charge in [-0.3, -0.25) is 0 Å². The van der Waals surface area contributed by atoms with E-state index in [4.69, 9.17) is 4.74 Å². The van der Waals surface area contributed by atoms with Gasteiger partial charge in [0.15, 0.2) is 0 Å². The summed E-state index contributed by atoms with van der Waals surface area (Å²) in [4.78, 5) is 9.16. The number of aromatic nitrogens is 2. The maximum Gasteiger partial charge on any atom is 0.261 e. The summed E-state index contributed by atoms with van der Waals surface area (Å²) in [5.74, 6) is 1.59. The van der Waals surface area contributed by atoms with Crippen LogP contribution in [0.4, 0.5) is 14.6 Å². The lowest BCUT2D eigenvalue weighted by Crippen LogP contribution is -2.13. The van der Waals surface area contributed by atoms with E-state index >= 15 is 0 Å². The van der Waals surface area contributed by atoms with Gasteiger partial charge in [-0.05, 0) is 32.6 Å². The molecular weight excluding hydrogens is 276 g/mol. The Morgan fingerprint density at radius 1 is 1.19 bits per heavy atom. The molecule has 1 aromatic heterocycles. The molecule has 1 aromatic rings. The minimum atomic E-state index is -2.42. The van der Waals surface area contributed by atoms with E-state index in [9.17, 15) is 8.78 Å². The summed E-state index contributed by atoms with van der Waals surface area (Å²) in [5.41, 5.74) is 2.34. The standard InChI is InChI=1S/C15H23F2N3O/c1-2-18-15-11-6-4-3-5-7-12(11)19-14(20-15)8-9-21-10-13(16)17/h13H,2-10H2,1H3,(H,18,19,20). The van der Waals surface area contributed by atoms with Crippen LogP contribution in [0.2, 0.25) is 0 Å².